The van der Waals surface area contributed by atoms with Crippen molar-refractivity contribution < 1.29 is 13.0 Å². The summed E-state index contributed by atoms with van der Waals surface area (Å²) >= 11 is 12.4. The molecule has 0 aliphatic heterocycles. The van der Waals surface area contributed by atoms with Crippen molar-refractivity contribution in [2.45, 2.75) is 45.1 Å². The van der Waals surface area contributed by atoms with E-state index in [1.807, 2.05) is 6.92 Å². The molecule has 2 aromatic rings. The average Bonchev–Trinajstić information content (AvgIpc) is 2.73. The lowest BCUT2D eigenvalue weighted by atomic mass is 10.1. The van der Waals surface area contributed by atoms with E-state index in [1.165, 1.54) is 4.68 Å². The van der Waals surface area contributed by atoms with Gasteiger partial charge in [0.05, 0.1) is 32.0 Å². The van der Waals surface area contributed by atoms with Crippen LogP contribution in [0.1, 0.15) is 30.3 Å². The van der Waals surface area contributed by atoms with E-state index in [-0.39, 0.29) is 20.6 Å². The summed E-state index contributed by atoms with van der Waals surface area (Å²) in [7, 11) is -0.642. The van der Waals surface area contributed by atoms with Gasteiger partial charge in [0.2, 0.25) is 0 Å². The minimum Gasteiger partial charge on any atom is -0.270 e. The van der Waals surface area contributed by atoms with E-state index < -0.39 is 17.5 Å². The summed E-state index contributed by atoms with van der Waals surface area (Å²) in [6, 6.07) is 3.24. The van der Waals surface area contributed by atoms with Crippen molar-refractivity contribution in [3.63, 3.8) is 0 Å². The fourth-order valence-electron chi connectivity index (χ4n) is 2.64. The Hall–Kier alpha value is -1.18. The minimum atomic E-state index is -3.01. The predicted octanol–water partition coefficient (Wildman–Crippen LogP) is 5.05. The van der Waals surface area contributed by atoms with Crippen LogP contribution < -0.4 is 4.31 Å². The molecule has 4 nitrogen and oxygen atoms in total. The molecule has 0 aliphatic carbocycles. The van der Waals surface area contributed by atoms with E-state index in [0.29, 0.717) is 15.7 Å². The molecule has 0 saturated carbocycles. The maximum atomic E-state index is 13.8. The Morgan fingerprint density at radius 2 is 1.84 bits per heavy atom. The zero-order valence-corrected chi connectivity index (χ0v) is 16.6. The van der Waals surface area contributed by atoms with E-state index in [4.69, 9.17) is 23.2 Å². The van der Waals surface area contributed by atoms with Crippen LogP contribution in [0.15, 0.2) is 17.0 Å². The lowest BCUT2D eigenvalue weighted by Gasteiger charge is -2.24. The van der Waals surface area contributed by atoms with Gasteiger partial charge in [0.1, 0.15) is 0 Å². The highest BCUT2D eigenvalue weighted by molar-refractivity contribution is 7.86. The average molecular weight is 410 g/mol. The molecule has 0 aliphatic rings. The maximum Gasteiger partial charge on any atom is 0.326 e. The van der Waals surface area contributed by atoms with Crippen molar-refractivity contribution in [3.05, 3.63) is 39.1 Å². The maximum absolute atomic E-state index is 13.8. The Bertz CT molecular complexity index is 788. The Labute approximate surface area is 158 Å². The zero-order chi connectivity index (χ0) is 18.9. The number of rotatable bonds is 6. The monoisotopic (exact) mass is 409 g/mol. The highest BCUT2D eigenvalue weighted by Crippen LogP contribution is 2.36. The van der Waals surface area contributed by atoms with Gasteiger partial charge in [-0.3, -0.25) is 4.68 Å². The van der Waals surface area contributed by atoms with Crippen LogP contribution >= 0.6 is 23.2 Å². The molecule has 1 aromatic carbocycles. The largest absolute Gasteiger partial charge is 0.326 e. The van der Waals surface area contributed by atoms with Crippen LogP contribution in [0.5, 0.6) is 0 Å². The number of anilines is 1. The number of hydrogen-bond acceptors (Lipinski definition) is 2. The molecule has 25 heavy (non-hydrogen) atoms. The molecule has 0 radical (unpaired) electrons. The number of benzene rings is 1. The molecule has 0 N–H and O–H groups in total. The van der Waals surface area contributed by atoms with E-state index >= 15 is 0 Å². The van der Waals surface area contributed by atoms with Gasteiger partial charge < -0.3 is 0 Å². The summed E-state index contributed by atoms with van der Waals surface area (Å²) in [5, 5.41) is 4.34. The molecule has 1 aromatic heterocycles. The van der Waals surface area contributed by atoms with Crippen molar-refractivity contribution in [1.29, 1.82) is 0 Å². The van der Waals surface area contributed by atoms with Crippen LogP contribution in [0.2, 0.25) is 10.0 Å². The van der Waals surface area contributed by atoms with Crippen LogP contribution in [0.25, 0.3) is 0 Å². The lowest BCUT2D eigenvalue weighted by Crippen LogP contribution is -2.32. The van der Waals surface area contributed by atoms with Gasteiger partial charge in [0.15, 0.2) is 11.0 Å². The first-order valence-electron chi connectivity index (χ1n) is 7.66. The highest BCUT2D eigenvalue weighted by atomic mass is 35.5. The molecule has 2 rings (SSSR count). The van der Waals surface area contributed by atoms with Crippen molar-refractivity contribution in [1.82, 2.24) is 9.78 Å². The molecule has 0 bridgehead atoms. The fraction of sp³-hybridized carbons (Fsp3) is 0.438. The number of hydrogen-bond donors (Lipinski definition) is 0. The van der Waals surface area contributed by atoms with Crippen molar-refractivity contribution >= 4 is 39.9 Å². The molecule has 0 amide bonds. The fourth-order valence-corrected chi connectivity index (χ4v) is 4.80. The lowest BCUT2D eigenvalue weighted by molar-refractivity contribution is 0.163. The first-order valence-corrected chi connectivity index (χ1v) is 9.52. The van der Waals surface area contributed by atoms with E-state index in [9.17, 15) is 13.0 Å². The zero-order valence-electron chi connectivity index (χ0n) is 14.3. The molecule has 1 heterocycles. The SMILES string of the molecule is CCCc1cc(Cl)c(S(=O)N(c2c(C)nn(C)c2C)C(F)F)c(Cl)c1. The number of nitrogens with zero attached hydrogens (tertiary/aromatic N) is 3. The van der Waals surface area contributed by atoms with Gasteiger partial charge in [-0.1, -0.05) is 36.5 Å². The highest BCUT2D eigenvalue weighted by Gasteiger charge is 2.32. The summed E-state index contributed by atoms with van der Waals surface area (Å²) in [5.41, 5.74) is 1.81. The Balaban J connectivity index is 2.56. The normalized spacial score (nSPS) is 12.7. The Kier molecular flexibility index (Phi) is 6.45. The number of halogens is 4. The third-order valence-electron chi connectivity index (χ3n) is 3.82. The molecule has 0 fully saturated rings. The second-order valence-electron chi connectivity index (χ2n) is 5.63. The first kappa shape index (κ1) is 20.1. The topological polar surface area (TPSA) is 38.1 Å². The summed E-state index contributed by atoms with van der Waals surface area (Å²) in [6.45, 7) is 2.21. The van der Waals surface area contributed by atoms with Crippen LogP contribution in [0.4, 0.5) is 14.5 Å². The van der Waals surface area contributed by atoms with Gasteiger partial charge in [-0.05, 0) is 38.0 Å². The van der Waals surface area contributed by atoms with Gasteiger partial charge in [-0.15, -0.1) is 0 Å². The third kappa shape index (κ3) is 3.99. The van der Waals surface area contributed by atoms with Crippen molar-refractivity contribution in [3.8, 4) is 0 Å². The van der Waals surface area contributed by atoms with E-state index in [2.05, 4.69) is 5.10 Å². The van der Waals surface area contributed by atoms with Crippen LogP contribution in [0, 0.1) is 13.8 Å². The Morgan fingerprint density at radius 3 is 2.24 bits per heavy atom. The summed E-state index contributed by atoms with van der Waals surface area (Å²) in [5.74, 6) is 0. The van der Waals surface area contributed by atoms with Gasteiger partial charge in [-0.25, -0.2) is 8.51 Å². The molecular weight excluding hydrogens is 391 g/mol. The number of aromatic nitrogens is 2. The summed E-state index contributed by atoms with van der Waals surface area (Å²) < 4.78 is 42.5. The standard InChI is InChI=1S/C16H19Cl2F2N3OS/c1-5-6-11-7-12(17)15(13(18)8-11)25(24)23(16(19)20)14-9(2)21-22(4)10(14)3/h7-8,16H,5-6H2,1-4H3. The van der Waals surface area contributed by atoms with Crippen molar-refractivity contribution in [2.24, 2.45) is 7.05 Å². The molecule has 0 saturated heterocycles. The summed E-state index contributed by atoms with van der Waals surface area (Å²) in [6.07, 6.45) is 1.62. The van der Waals surface area contributed by atoms with Gasteiger partial charge in [0, 0.05) is 7.05 Å². The summed E-state index contributed by atoms with van der Waals surface area (Å²) in [4.78, 5) is -0.0221. The quantitative estimate of drug-likeness (QED) is 0.626. The molecular formula is C16H19Cl2F2N3OS. The van der Waals surface area contributed by atoms with E-state index in [0.717, 1.165) is 18.4 Å². The minimum absolute atomic E-state index is 0.0221. The first-order chi connectivity index (χ1) is 11.7. The van der Waals surface area contributed by atoms with Gasteiger partial charge >= 0.3 is 6.55 Å². The second-order valence-corrected chi connectivity index (χ2v) is 7.75. The molecule has 0 spiro atoms. The molecule has 9 heteroatoms. The van der Waals surface area contributed by atoms with Crippen LogP contribution in [-0.4, -0.2) is 20.5 Å². The number of aryl methyl sites for hydroxylation is 3. The Morgan fingerprint density at radius 1 is 1.28 bits per heavy atom. The van der Waals surface area contributed by atoms with Crippen LogP contribution in [-0.2, 0) is 24.5 Å². The molecule has 138 valence electrons. The number of alkyl halides is 2. The van der Waals surface area contributed by atoms with Gasteiger partial charge in [-0.2, -0.15) is 13.9 Å². The molecule has 1 unspecified atom stereocenters. The van der Waals surface area contributed by atoms with Crippen LogP contribution in [0.3, 0.4) is 0 Å². The van der Waals surface area contributed by atoms with E-state index in [1.54, 1.807) is 33.0 Å². The smallest absolute Gasteiger partial charge is 0.270 e. The van der Waals surface area contributed by atoms with Crippen molar-refractivity contribution in [2.75, 3.05) is 4.31 Å². The third-order valence-corrected chi connectivity index (χ3v) is 6.13. The predicted molar refractivity (Wildman–Crippen MR) is 98.0 cm³/mol. The van der Waals surface area contributed by atoms with Gasteiger partial charge in [0.25, 0.3) is 0 Å². The second kappa shape index (κ2) is 8.01. The molecule has 1 atom stereocenters.